The highest BCUT2D eigenvalue weighted by Gasteiger charge is 2.52. The molecule has 0 aromatic heterocycles. The summed E-state index contributed by atoms with van der Waals surface area (Å²) in [7, 11) is 0. The summed E-state index contributed by atoms with van der Waals surface area (Å²) < 4.78 is 5.88. The number of esters is 1. The number of halogens is 1. The Balaban J connectivity index is 2.11. The summed E-state index contributed by atoms with van der Waals surface area (Å²) in [5.41, 5.74) is 1.78. The van der Waals surface area contributed by atoms with E-state index in [0.29, 0.717) is 15.9 Å². The first-order valence-electron chi connectivity index (χ1n) is 10.8. The molecule has 4 nitrogen and oxygen atoms in total. The van der Waals surface area contributed by atoms with E-state index in [2.05, 4.69) is 56.4 Å². The molecular weight excluding hydrogens is 467 g/mol. The number of aliphatic carboxylic acids is 1. The van der Waals surface area contributed by atoms with Crippen LogP contribution in [0.5, 0.6) is 0 Å². The Bertz CT molecular complexity index is 612. The topological polar surface area (TPSA) is 63.6 Å². The van der Waals surface area contributed by atoms with E-state index >= 15 is 0 Å². The van der Waals surface area contributed by atoms with Gasteiger partial charge in [0.1, 0.15) is 0 Å². The summed E-state index contributed by atoms with van der Waals surface area (Å²) in [5.74, 6) is -0.820. The summed E-state index contributed by atoms with van der Waals surface area (Å²) in [5, 5.41) is 8.76. The molecule has 0 heterocycles. The standard InChI is InChI=1S/C23H37IO4/c1-5-22(3,24)15-12-17-8-6-9-18-21(2,13-7-14-23(17,18)4)16-28-20(27)11-10-19(25)26/h12,18H,5-11,13-16H2,1-4H3,(H,25,26)/b17-12+/t18?,21-,22+,23-/m0/s1. The van der Waals surface area contributed by atoms with Crippen LogP contribution in [0.2, 0.25) is 0 Å². The average molecular weight is 504 g/mol. The average Bonchev–Trinajstić information content (AvgIpc) is 2.63. The molecule has 2 saturated carbocycles. The zero-order valence-electron chi connectivity index (χ0n) is 18.0. The lowest BCUT2D eigenvalue weighted by molar-refractivity contribution is -0.154. The number of rotatable bonds is 8. The minimum Gasteiger partial charge on any atom is -0.481 e. The van der Waals surface area contributed by atoms with Crippen molar-refractivity contribution in [2.75, 3.05) is 6.61 Å². The Labute approximate surface area is 184 Å². The molecule has 0 spiro atoms. The molecule has 2 aliphatic carbocycles. The Morgan fingerprint density at radius 3 is 2.64 bits per heavy atom. The second-order valence-corrected chi connectivity index (χ2v) is 12.2. The number of hydrogen-bond acceptors (Lipinski definition) is 3. The molecule has 4 atom stereocenters. The second-order valence-electron chi connectivity index (χ2n) is 9.62. The highest BCUT2D eigenvalue weighted by atomic mass is 127. The van der Waals surface area contributed by atoms with Crippen molar-refractivity contribution in [3.63, 3.8) is 0 Å². The van der Waals surface area contributed by atoms with E-state index in [-0.39, 0.29) is 29.6 Å². The van der Waals surface area contributed by atoms with E-state index in [0.717, 1.165) is 19.3 Å². The molecule has 2 rings (SSSR count). The molecule has 0 aliphatic heterocycles. The number of carboxylic acids is 1. The van der Waals surface area contributed by atoms with Crippen molar-refractivity contribution in [3.05, 3.63) is 11.6 Å². The van der Waals surface area contributed by atoms with Crippen molar-refractivity contribution >= 4 is 34.5 Å². The number of carbonyl (C=O) groups is 2. The molecular formula is C23H37IO4. The quantitative estimate of drug-likeness (QED) is 0.182. The van der Waals surface area contributed by atoms with Crippen molar-refractivity contribution in [1.82, 2.24) is 0 Å². The molecule has 0 aromatic rings. The maximum absolute atomic E-state index is 12.0. The Kier molecular flexibility index (Phi) is 8.02. The van der Waals surface area contributed by atoms with Crippen molar-refractivity contribution < 1.29 is 19.4 Å². The van der Waals surface area contributed by atoms with Crippen molar-refractivity contribution in [3.8, 4) is 0 Å². The lowest BCUT2D eigenvalue weighted by Crippen LogP contribution is -2.49. The third-order valence-corrected chi connectivity index (χ3v) is 8.55. The molecule has 1 N–H and O–H groups in total. The van der Waals surface area contributed by atoms with Crippen LogP contribution in [-0.2, 0) is 14.3 Å². The van der Waals surface area contributed by atoms with E-state index in [1.165, 1.54) is 32.1 Å². The molecule has 0 amide bonds. The van der Waals surface area contributed by atoms with Crippen molar-refractivity contribution in [2.24, 2.45) is 16.7 Å². The molecule has 5 heteroatoms. The van der Waals surface area contributed by atoms with Gasteiger partial charge in [0, 0.05) is 8.84 Å². The zero-order valence-corrected chi connectivity index (χ0v) is 20.1. The minimum absolute atomic E-state index is 0.0240. The maximum Gasteiger partial charge on any atom is 0.306 e. The van der Waals surface area contributed by atoms with Gasteiger partial charge in [-0.05, 0) is 56.3 Å². The van der Waals surface area contributed by atoms with Crippen LogP contribution in [0, 0.1) is 16.7 Å². The molecule has 0 radical (unpaired) electrons. The van der Waals surface area contributed by atoms with E-state index in [1.54, 1.807) is 5.57 Å². The minimum atomic E-state index is -0.954. The fraction of sp³-hybridized carbons (Fsp3) is 0.826. The molecule has 1 unspecified atom stereocenters. The van der Waals surface area contributed by atoms with E-state index in [1.807, 2.05) is 0 Å². The molecule has 2 fully saturated rings. The number of carbonyl (C=O) groups excluding carboxylic acids is 1. The first kappa shape index (κ1) is 23.7. The van der Waals surface area contributed by atoms with Gasteiger partial charge in [0.15, 0.2) is 0 Å². The Morgan fingerprint density at radius 1 is 1.29 bits per heavy atom. The predicted molar refractivity (Wildman–Crippen MR) is 121 cm³/mol. The van der Waals surface area contributed by atoms with Gasteiger partial charge in [-0.3, -0.25) is 9.59 Å². The van der Waals surface area contributed by atoms with Crippen LogP contribution in [-0.4, -0.2) is 27.1 Å². The fourth-order valence-electron chi connectivity index (χ4n) is 5.33. The number of hydrogen-bond donors (Lipinski definition) is 1. The first-order chi connectivity index (χ1) is 13.0. The van der Waals surface area contributed by atoms with Crippen LogP contribution in [0.4, 0.5) is 0 Å². The highest BCUT2D eigenvalue weighted by molar-refractivity contribution is 14.1. The van der Waals surface area contributed by atoms with Gasteiger partial charge in [-0.1, -0.05) is 68.4 Å². The second kappa shape index (κ2) is 9.48. The Hall–Kier alpha value is -0.590. The number of fused-ring (bicyclic) bond motifs is 1. The lowest BCUT2D eigenvalue weighted by Gasteiger charge is -2.55. The maximum atomic E-state index is 12.0. The van der Waals surface area contributed by atoms with Crippen molar-refractivity contribution in [2.45, 2.75) is 95.3 Å². The van der Waals surface area contributed by atoms with E-state index < -0.39 is 5.97 Å². The first-order valence-corrected chi connectivity index (χ1v) is 11.9. The van der Waals surface area contributed by atoms with Crippen LogP contribution in [0.25, 0.3) is 0 Å². The summed E-state index contributed by atoms with van der Waals surface area (Å²) in [6.07, 6.45) is 11.6. The van der Waals surface area contributed by atoms with Crippen LogP contribution in [0.3, 0.4) is 0 Å². The third kappa shape index (κ3) is 5.73. The van der Waals surface area contributed by atoms with Crippen LogP contribution in [0.15, 0.2) is 11.6 Å². The van der Waals surface area contributed by atoms with Gasteiger partial charge in [0.2, 0.25) is 0 Å². The molecule has 2 aliphatic rings. The molecule has 160 valence electrons. The molecule has 0 aromatic carbocycles. The van der Waals surface area contributed by atoms with Gasteiger partial charge in [-0.25, -0.2) is 0 Å². The molecule has 28 heavy (non-hydrogen) atoms. The van der Waals surface area contributed by atoms with Gasteiger partial charge in [-0.2, -0.15) is 0 Å². The van der Waals surface area contributed by atoms with Gasteiger partial charge < -0.3 is 9.84 Å². The number of allylic oxidation sites excluding steroid dienone is 2. The number of carboxylic acid groups (broad SMARTS) is 1. The summed E-state index contributed by atoms with van der Waals surface area (Å²) in [6, 6.07) is 0. The van der Waals surface area contributed by atoms with Crippen LogP contribution < -0.4 is 0 Å². The van der Waals surface area contributed by atoms with Crippen LogP contribution in [0.1, 0.15) is 91.9 Å². The normalized spacial score (nSPS) is 33.8. The molecule has 0 bridgehead atoms. The van der Waals surface area contributed by atoms with E-state index in [4.69, 9.17) is 9.84 Å². The number of ether oxygens (including phenoxy) is 1. The smallest absolute Gasteiger partial charge is 0.306 e. The summed E-state index contributed by atoms with van der Waals surface area (Å²) in [6.45, 7) is 9.71. The third-order valence-electron chi connectivity index (χ3n) is 7.34. The highest BCUT2D eigenvalue weighted by Crippen LogP contribution is 2.60. The monoisotopic (exact) mass is 504 g/mol. The number of alkyl halides is 1. The van der Waals surface area contributed by atoms with Gasteiger partial charge in [-0.15, -0.1) is 0 Å². The summed E-state index contributed by atoms with van der Waals surface area (Å²) >= 11 is 2.58. The van der Waals surface area contributed by atoms with Gasteiger partial charge in [0.25, 0.3) is 0 Å². The van der Waals surface area contributed by atoms with Crippen LogP contribution >= 0.6 is 22.6 Å². The fourth-order valence-corrected chi connectivity index (χ4v) is 5.55. The van der Waals surface area contributed by atoms with Crippen molar-refractivity contribution in [1.29, 1.82) is 0 Å². The largest absolute Gasteiger partial charge is 0.481 e. The van der Waals surface area contributed by atoms with Gasteiger partial charge in [0.05, 0.1) is 19.4 Å². The Morgan fingerprint density at radius 2 is 2.00 bits per heavy atom. The summed E-state index contributed by atoms with van der Waals surface area (Å²) in [4.78, 5) is 22.7. The molecule has 0 saturated heterocycles. The van der Waals surface area contributed by atoms with E-state index in [9.17, 15) is 9.59 Å². The zero-order chi connectivity index (χ0) is 21.0. The SMILES string of the molecule is CC[C@@](C)(I)C/C=C1\CCCC2[C@](C)(COC(=O)CCC(=O)O)CCC[C@@]12C. The predicted octanol–water partition coefficient (Wildman–Crippen LogP) is 6.31. The lowest BCUT2D eigenvalue weighted by atomic mass is 9.49. The van der Waals surface area contributed by atoms with Gasteiger partial charge >= 0.3 is 11.9 Å².